The predicted molar refractivity (Wildman–Crippen MR) is 85.1 cm³/mol. The first-order valence-corrected chi connectivity index (χ1v) is 8.02. The fraction of sp³-hybridized carbons (Fsp3) is 1.00. The first-order valence-electron chi connectivity index (χ1n) is 8.02. The molecule has 0 amide bonds. The molecule has 0 aromatic carbocycles. The third-order valence-corrected chi connectivity index (χ3v) is 3.46. The Hall–Kier alpha value is -0.160. The summed E-state index contributed by atoms with van der Waals surface area (Å²) < 4.78 is 0. The van der Waals surface area contributed by atoms with Crippen LogP contribution in [0.25, 0.3) is 0 Å². The Morgan fingerprint density at radius 2 is 0.895 bits per heavy atom. The normalized spacial score (nSPS) is 16.6. The second-order valence-electron chi connectivity index (χ2n) is 5.86. The predicted octanol–water partition coefficient (Wildman–Crippen LogP) is 1.67. The Labute approximate surface area is 120 Å². The van der Waals surface area contributed by atoms with Gasteiger partial charge in [-0.25, -0.2) is 0 Å². The number of hydrogen-bond donors (Lipinski definition) is 3. The molecule has 4 nitrogen and oxygen atoms in total. The Balaban J connectivity index is 4.28. The van der Waals surface area contributed by atoms with Crippen molar-refractivity contribution in [2.24, 2.45) is 17.2 Å². The number of hydrogen-bond acceptors (Lipinski definition) is 4. The molecule has 0 rings (SSSR count). The monoisotopic (exact) mass is 272 g/mol. The van der Waals surface area contributed by atoms with Gasteiger partial charge in [-0.15, -0.1) is 0 Å². The van der Waals surface area contributed by atoms with Crippen molar-refractivity contribution in [3.05, 3.63) is 0 Å². The molecular weight excluding hydrogens is 236 g/mol. The van der Waals surface area contributed by atoms with E-state index in [0.29, 0.717) is 0 Å². The van der Waals surface area contributed by atoms with Crippen molar-refractivity contribution in [1.82, 2.24) is 4.90 Å². The molecule has 0 aromatic rings. The van der Waals surface area contributed by atoms with Crippen molar-refractivity contribution in [2.75, 3.05) is 19.6 Å². The summed E-state index contributed by atoms with van der Waals surface area (Å²) in [6.45, 7) is 9.29. The number of nitrogens with two attached hydrogens (primary N) is 3. The van der Waals surface area contributed by atoms with E-state index >= 15 is 0 Å². The Morgan fingerprint density at radius 3 is 1.11 bits per heavy atom. The minimum atomic E-state index is 0.243. The van der Waals surface area contributed by atoms with Crippen LogP contribution in [-0.4, -0.2) is 42.7 Å². The lowest BCUT2D eigenvalue weighted by Crippen LogP contribution is -2.48. The van der Waals surface area contributed by atoms with E-state index < -0.39 is 0 Å². The van der Waals surface area contributed by atoms with Gasteiger partial charge in [0, 0.05) is 37.8 Å². The van der Waals surface area contributed by atoms with Gasteiger partial charge in [0.05, 0.1) is 0 Å². The highest BCUT2D eigenvalue weighted by Gasteiger charge is 2.16. The van der Waals surface area contributed by atoms with Crippen LogP contribution in [-0.2, 0) is 0 Å². The molecule has 0 aliphatic heterocycles. The van der Waals surface area contributed by atoms with E-state index in [0.717, 1.165) is 58.2 Å². The fourth-order valence-corrected chi connectivity index (χ4v) is 2.60. The van der Waals surface area contributed by atoms with Gasteiger partial charge in [-0.05, 0) is 19.3 Å². The van der Waals surface area contributed by atoms with Gasteiger partial charge in [0.1, 0.15) is 0 Å². The Morgan fingerprint density at radius 1 is 0.632 bits per heavy atom. The van der Waals surface area contributed by atoms with Gasteiger partial charge in [-0.1, -0.05) is 40.0 Å². The van der Waals surface area contributed by atoms with Crippen LogP contribution in [0.15, 0.2) is 0 Å². The molecule has 19 heavy (non-hydrogen) atoms. The maximum atomic E-state index is 6.16. The van der Waals surface area contributed by atoms with Crippen LogP contribution in [0.2, 0.25) is 0 Å². The quantitative estimate of drug-likeness (QED) is 0.505. The van der Waals surface area contributed by atoms with E-state index in [1.165, 1.54) is 0 Å². The highest BCUT2D eigenvalue weighted by molar-refractivity contribution is 4.76. The average Bonchev–Trinajstić information content (AvgIpc) is 2.29. The zero-order valence-corrected chi connectivity index (χ0v) is 13.3. The van der Waals surface area contributed by atoms with Gasteiger partial charge in [-0.2, -0.15) is 0 Å². The molecule has 3 atom stereocenters. The molecule has 0 saturated carbocycles. The molecular formula is C15H36N4. The number of rotatable bonds is 12. The van der Waals surface area contributed by atoms with Crippen molar-refractivity contribution in [3.63, 3.8) is 0 Å². The zero-order chi connectivity index (χ0) is 14.7. The van der Waals surface area contributed by atoms with Gasteiger partial charge in [0.2, 0.25) is 0 Å². The van der Waals surface area contributed by atoms with Crippen LogP contribution in [0.3, 0.4) is 0 Å². The van der Waals surface area contributed by atoms with Crippen LogP contribution < -0.4 is 17.2 Å². The second kappa shape index (κ2) is 11.6. The molecule has 0 fully saturated rings. The van der Waals surface area contributed by atoms with Crippen LogP contribution in [0.5, 0.6) is 0 Å². The van der Waals surface area contributed by atoms with E-state index in [1.807, 2.05) is 0 Å². The highest BCUT2D eigenvalue weighted by atomic mass is 15.2. The largest absolute Gasteiger partial charge is 0.327 e. The first kappa shape index (κ1) is 18.8. The van der Waals surface area contributed by atoms with Crippen molar-refractivity contribution in [2.45, 2.75) is 77.4 Å². The van der Waals surface area contributed by atoms with Gasteiger partial charge >= 0.3 is 0 Å². The van der Waals surface area contributed by atoms with Gasteiger partial charge in [0.15, 0.2) is 0 Å². The summed E-state index contributed by atoms with van der Waals surface area (Å²) in [6, 6.07) is 0.730. The molecule has 0 saturated heterocycles. The topological polar surface area (TPSA) is 81.3 Å². The second-order valence-corrected chi connectivity index (χ2v) is 5.86. The summed E-state index contributed by atoms with van der Waals surface area (Å²) >= 11 is 0. The molecule has 0 spiro atoms. The molecule has 0 aliphatic rings. The molecule has 0 aromatic heterocycles. The summed E-state index contributed by atoms with van der Waals surface area (Å²) in [7, 11) is 0. The SMILES string of the molecule is CCCC(N)CN(CC(N)CCC)CC(N)CCC. The maximum Gasteiger partial charge on any atom is 0.0167 e. The lowest BCUT2D eigenvalue weighted by Gasteiger charge is -2.30. The maximum absolute atomic E-state index is 6.16. The zero-order valence-electron chi connectivity index (χ0n) is 13.3. The lowest BCUT2D eigenvalue weighted by atomic mass is 10.1. The molecule has 0 bridgehead atoms. The van der Waals surface area contributed by atoms with E-state index in [-0.39, 0.29) is 18.1 Å². The first-order chi connectivity index (χ1) is 9.03. The van der Waals surface area contributed by atoms with Crippen LogP contribution >= 0.6 is 0 Å². The van der Waals surface area contributed by atoms with Crippen molar-refractivity contribution >= 4 is 0 Å². The lowest BCUT2D eigenvalue weighted by molar-refractivity contribution is 0.217. The molecule has 4 heteroatoms. The van der Waals surface area contributed by atoms with Crippen LogP contribution in [0.1, 0.15) is 59.3 Å². The minimum absolute atomic E-state index is 0.243. The van der Waals surface area contributed by atoms with Crippen molar-refractivity contribution < 1.29 is 0 Å². The van der Waals surface area contributed by atoms with Gasteiger partial charge in [0.25, 0.3) is 0 Å². The Kier molecular flexibility index (Phi) is 11.6. The minimum Gasteiger partial charge on any atom is -0.327 e. The standard InChI is InChI=1S/C15H36N4/c1-4-7-13(16)10-19(11-14(17)8-5-2)12-15(18)9-6-3/h13-15H,4-12,16-18H2,1-3H3. The average molecular weight is 272 g/mol. The van der Waals surface area contributed by atoms with Gasteiger partial charge < -0.3 is 17.2 Å². The highest BCUT2D eigenvalue weighted by Crippen LogP contribution is 2.05. The fourth-order valence-electron chi connectivity index (χ4n) is 2.60. The molecule has 0 heterocycles. The van der Waals surface area contributed by atoms with E-state index in [4.69, 9.17) is 17.2 Å². The summed E-state index contributed by atoms with van der Waals surface area (Å²) in [6.07, 6.45) is 6.62. The Bertz CT molecular complexity index is 165. The van der Waals surface area contributed by atoms with E-state index in [1.54, 1.807) is 0 Å². The van der Waals surface area contributed by atoms with Crippen LogP contribution in [0, 0.1) is 0 Å². The molecule has 6 N–H and O–H groups in total. The van der Waals surface area contributed by atoms with Gasteiger partial charge in [-0.3, -0.25) is 4.90 Å². The summed E-state index contributed by atoms with van der Waals surface area (Å²) in [5.74, 6) is 0. The third-order valence-electron chi connectivity index (χ3n) is 3.46. The van der Waals surface area contributed by atoms with E-state index in [2.05, 4.69) is 25.7 Å². The summed E-state index contributed by atoms with van der Waals surface area (Å²) in [4.78, 5) is 2.38. The van der Waals surface area contributed by atoms with Crippen molar-refractivity contribution in [1.29, 1.82) is 0 Å². The van der Waals surface area contributed by atoms with E-state index in [9.17, 15) is 0 Å². The molecule has 0 aliphatic carbocycles. The van der Waals surface area contributed by atoms with Crippen LogP contribution in [0.4, 0.5) is 0 Å². The summed E-state index contributed by atoms with van der Waals surface area (Å²) in [5.41, 5.74) is 18.5. The smallest absolute Gasteiger partial charge is 0.0167 e. The molecule has 3 unspecified atom stereocenters. The summed E-state index contributed by atoms with van der Waals surface area (Å²) in [5, 5.41) is 0. The van der Waals surface area contributed by atoms with Crippen molar-refractivity contribution in [3.8, 4) is 0 Å². The molecule has 0 radical (unpaired) electrons. The third kappa shape index (κ3) is 10.3. The number of nitrogens with zero attached hydrogens (tertiary/aromatic N) is 1. The molecule has 116 valence electrons.